The average molecular weight is 406 g/mol. The van der Waals surface area contributed by atoms with Crippen molar-refractivity contribution in [3.63, 3.8) is 0 Å². The maximum absolute atomic E-state index is 13.1. The lowest BCUT2D eigenvalue weighted by Crippen LogP contribution is -2.40. The Labute approximate surface area is 174 Å². The molecule has 2 amide bonds. The molecule has 0 aliphatic rings. The summed E-state index contributed by atoms with van der Waals surface area (Å²) in [5.41, 5.74) is 5.36. The van der Waals surface area contributed by atoms with Gasteiger partial charge >= 0.3 is 0 Å². The van der Waals surface area contributed by atoms with Crippen LogP contribution in [0.3, 0.4) is 0 Å². The van der Waals surface area contributed by atoms with Crippen molar-refractivity contribution in [1.82, 2.24) is 5.43 Å². The van der Waals surface area contributed by atoms with Crippen LogP contribution in [0.1, 0.15) is 21.5 Å². The molecule has 1 N–H and O–H groups in total. The molecule has 6 heteroatoms. The molecule has 5 nitrogen and oxygen atoms in total. The monoisotopic (exact) mass is 405 g/mol. The first-order valence-corrected chi connectivity index (χ1v) is 9.42. The number of para-hydroxylation sites is 1. The van der Waals surface area contributed by atoms with Crippen LogP contribution in [0.4, 0.5) is 5.69 Å². The summed E-state index contributed by atoms with van der Waals surface area (Å²) in [6, 6.07) is 23.4. The number of hydrogen-bond acceptors (Lipinski definition) is 3. The minimum absolute atomic E-state index is 0.156. The topological polar surface area (TPSA) is 61.8 Å². The molecule has 0 aromatic heterocycles. The Kier molecular flexibility index (Phi) is 6.76. The Balaban J connectivity index is 1.76. The Morgan fingerprint density at radius 2 is 1.62 bits per heavy atom. The molecule has 0 spiro atoms. The first-order chi connectivity index (χ1) is 14.0. The van der Waals surface area contributed by atoms with Gasteiger partial charge in [-0.2, -0.15) is 5.10 Å². The van der Waals surface area contributed by atoms with Crippen LogP contribution in [0.2, 0.25) is 5.02 Å². The van der Waals surface area contributed by atoms with Gasteiger partial charge in [-0.15, -0.1) is 0 Å². The SMILES string of the molecule is Cc1ccccc1N(CC(=O)N/N=C/c1ccc(Cl)cc1)C(=O)c1ccccc1. The van der Waals surface area contributed by atoms with Crippen LogP contribution in [0.5, 0.6) is 0 Å². The third-order valence-corrected chi connectivity index (χ3v) is 4.50. The first-order valence-electron chi connectivity index (χ1n) is 9.04. The standard InChI is InChI=1S/C23H20ClN3O2/c1-17-7-5-6-10-21(17)27(23(29)19-8-3-2-4-9-19)16-22(28)26-25-15-18-11-13-20(24)14-12-18/h2-15H,16H2,1H3,(H,26,28)/b25-15+. The van der Waals surface area contributed by atoms with Gasteiger partial charge in [0.05, 0.1) is 6.21 Å². The van der Waals surface area contributed by atoms with Crippen LogP contribution < -0.4 is 10.3 Å². The zero-order chi connectivity index (χ0) is 20.6. The number of anilines is 1. The summed E-state index contributed by atoms with van der Waals surface area (Å²) < 4.78 is 0. The van der Waals surface area contributed by atoms with Gasteiger partial charge in [0.1, 0.15) is 6.54 Å². The normalized spacial score (nSPS) is 10.7. The Morgan fingerprint density at radius 3 is 2.31 bits per heavy atom. The maximum atomic E-state index is 13.1. The third-order valence-electron chi connectivity index (χ3n) is 4.25. The fourth-order valence-electron chi connectivity index (χ4n) is 2.78. The number of hydrazone groups is 1. The highest BCUT2D eigenvalue weighted by Crippen LogP contribution is 2.21. The van der Waals surface area contributed by atoms with Crippen molar-refractivity contribution in [2.45, 2.75) is 6.92 Å². The quantitative estimate of drug-likeness (QED) is 0.486. The Morgan fingerprint density at radius 1 is 0.966 bits per heavy atom. The number of nitrogens with one attached hydrogen (secondary N) is 1. The van der Waals surface area contributed by atoms with Crippen LogP contribution in [-0.4, -0.2) is 24.6 Å². The van der Waals surface area contributed by atoms with Crippen LogP contribution in [0.15, 0.2) is 84.0 Å². The highest BCUT2D eigenvalue weighted by atomic mass is 35.5. The number of benzene rings is 3. The van der Waals surface area contributed by atoms with Gasteiger partial charge in [-0.1, -0.05) is 60.1 Å². The van der Waals surface area contributed by atoms with Crippen molar-refractivity contribution in [2.75, 3.05) is 11.4 Å². The summed E-state index contributed by atoms with van der Waals surface area (Å²) in [5, 5.41) is 4.59. The molecular formula is C23H20ClN3O2. The Hall–Kier alpha value is -3.44. The van der Waals surface area contributed by atoms with Gasteiger partial charge in [0.25, 0.3) is 11.8 Å². The molecule has 0 bridgehead atoms. The van der Waals surface area contributed by atoms with E-state index < -0.39 is 5.91 Å². The summed E-state index contributed by atoms with van der Waals surface area (Å²) in [6.45, 7) is 1.74. The van der Waals surface area contributed by atoms with E-state index >= 15 is 0 Å². The number of amides is 2. The maximum Gasteiger partial charge on any atom is 0.260 e. The number of carbonyl (C=O) groups is 2. The van der Waals surface area contributed by atoms with E-state index in [0.717, 1.165) is 11.1 Å². The summed E-state index contributed by atoms with van der Waals surface area (Å²) in [6.07, 6.45) is 1.52. The number of aryl methyl sites for hydroxylation is 1. The zero-order valence-corrected chi connectivity index (χ0v) is 16.6. The smallest absolute Gasteiger partial charge is 0.260 e. The first kappa shape index (κ1) is 20.3. The van der Waals surface area contributed by atoms with E-state index in [-0.39, 0.29) is 12.5 Å². The van der Waals surface area contributed by atoms with Crippen LogP contribution in [-0.2, 0) is 4.79 Å². The minimum atomic E-state index is -0.400. The predicted molar refractivity (Wildman–Crippen MR) is 116 cm³/mol. The van der Waals surface area contributed by atoms with Crippen molar-refractivity contribution < 1.29 is 9.59 Å². The number of nitrogens with zero attached hydrogens (tertiary/aromatic N) is 2. The lowest BCUT2D eigenvalue weighted by atomic mass is 10.1. The van der Waals surface area contributed by atoms with Crippen molar-refractivity contribution in [3.8, 4) is 0 Å². The average Bonchev–Trinajstić information content (AvgIpc) is 2.74. The van der Waals surface area contributed by atoms with Gasteiger partial charge < -0.3 is 0 Å². The minimum Gasteiger partial charge on any atom is -0.299 e. The van der Waals surface area contributed by atoms with Gasteiger partial charge in [0, 0.05) is 16.3 Å². The molecule has 3 aromatic rings. The molecule has 0 atom stereocenters. The fourth-order valence-corrected chi connectivity index (χ4v) is 2.90. The second-order valence-corrected chi connectivity index (χ2v) is 6.82. The highest BCUT2D eigenvalue weighted by molar-refractivity contribution is 6.30. The van der Waals surface area contributed by atoms with Gasteiger partial charge in [0.2, 0.25) is 0 Å². The third kappa shape index (κ3) is 5.53. The van der Waals surface area contributed by atoms with Crippen LogP contribution in [0.25, 0.3) is 0 Å². The summed E-state index contributed by atoms with van der Waals surface area (Å²) >= 11 is 5.85. The van der Waals surface area contributed by atoms with E-state index in [9.17, 15) is 9.59 Å². The molecule has 3 rings (SSSR count). The van der Waals surface area contributed by atoms with Gasteiger partial charge in [0.15, 0.2) is 0 Å². The fraction of sp³-hybridized carbons (Fsp3) is 0.0870. The molecule has 146 valence electrons. The van der Waals surface area contributed by atoms with Gasteiger partial charge in [-0.3, -0.25) is 14.5 Å². The van der Waals surface area contributed by atoms with Crippen molar-refractivity contribution >= 4 is 35.3 Å². The van der Waals surface area contributed by atoms with E-state index in [0.29, 0.717) is 16.3 Å². The van der Waals surface area contributed by atoms with E-state index in [1.807, 2.05) is 37.3 Å². The number of halogens is 1. The molecule has 3 aromatic carbocycles. The predicted octanol–water partition coefficient (Wildman–Crippen LogP) is 4.45. The molecule has 0 unspecified atom stereocenters. The lowest BCUT2D eigenvalue weighted by Gasteiger charge is -2.23. The van der Waals surface area contributed by atoms with Crippen molar-refractivity contribution in [1.29, 1.82) is 0 Å². The summed E-state index contributed by atoms with van der Waals surface area (Å²) in [5.74, 6) is -0.653. The number of hydrogen-bond donors (Lipinski definition) is 1. The van der Waals surface area contributed by atoms with E-state index in [1.165, 1.54) is 11.1 Å². The summed E-state index contributed by atoms with van der Waals surface area (Å²) in [4.78, 5) is 27.0. The number of rotatable bonds is 6. The molecule has 0 saturated carbocycles. The number of carbonyl (C=O) groups excluding carboxylic acids is 2. The molecule has 0 heterocycles. The van der Waals surface area contributed by atoms with Crippen molar-refractivity contribution in [2.24, 2.45) is 5.10 Å². The molecule has 0 fully saturated rings. The van der Waals surface area contributed by atoms with Gasteiger partial charge in [-0.05, 0) is 48.4 Å². The zero-order valence-electron chi connectivity index (χ0n) is 15.9. The largest absolute Gasteiger partial charge is 0.299 e. The van der Waals surface area contributed by atoms with Crippen LogP contribution >= 0.6 is 11.6 Å². The van der Waals surface area contributed by atoms with E-state index in [1.54, 1.807) is 48.5 Å². The second-order valence-electron chi connectivity index (χ2n) is 6.39. The summed E-state index contributed by atoms with van der Waals surface area (Å²) in [7, 11) is 0. The molecule has 29 heavy (non-hydrogen) atoms. The molecule has 0 saturated heterocycles. The van der Waals surface area contributed by atoms with E-state index in [4.69, 9.17) is 11.6 Å². The molecule has 0 aliphatic carbocycles. The second kappa shape index (κ2) is 9.66. The van der Waals surface area contributed by atoms with Crippen molar-refractivity contribution in [3.05, 3.63) is 101 Å². The molecular weight excluding hydrogens is 386 g/mol. The highest BCUT2D eigenvalue weighted by Gasteiger charge is 2.21. The Bertz CT molecular complexity index is 1020. The molecule has 0 aliphatic heterocycles. The van der Waals surface area contributed by atoms with Crippen LogP contribution in [0, 0.1) is 6.92 Å². The lowest BCUT2D eigenvalue weighted by molar-refractivity contribution is -0.119. The van der Waals surface area contributed by atoms with Gasteiger partial charge in [-0.25, -0.2) is 5.43 Å². The molecule has 0 radical (unpaired) electrons. The van der Waals surface area contributed by atoms with E-state index in [2.05, 4.69) is 10.5 Å².